The highest BCUT2D eigenvalue weighted by Crippen LogP contribution is 2.28. The van der Waals surface area contributed by atoms with Crippen molar-refractivity contribution in [3.8, 4) is 0 Å². The van der Waals surface area contributed by atoms with Crippen molar-refractivity contribution in [1.29, 1.82) is 0 Å². The number of benzene rings is 1. The molecule has 1 aromatic rings. The van der Waals surface area contributed by atoms with Gasteiger partial charge in [-0.05, 0) is 36.9 Å². The van der Waals surface area contributed by atoms with Crippen LogP contribution in [0.25, 0.3) is 0 Å². The maximum Gasteiger partial charge on any atom is 0.0471 e. The molecule has 0 spiro atoms. The van der Waals surface area contributed by atoms with Crippen molar-refractivity contribution in [2.45, 2.75) is 26.8 Å². The Labute approximate surface area is 109 Å². The normalized spacial score (nSPS) is 21.3. The summed E-state index contributed by atoms with van der Waals surface area (Å²) in [7, 11) is 0. The van der Waals surface area contributed by atoms with Gasteiger partial charge >= 0.3 is 0 Å². The van der Waals surface area contributed by atoms with Crippen LogP contribution < -0.4 is 5.73 Å². The molecule has 0 radical (unpaired) electrons. The molecule has 17 heavy (non-hydrogen) atoms. The minimum absolute atomic E-state index is 0.767. The molecule has 2 nitrogen and oxygen atoms in total. The first-order chi connectivity index (χ1) is 8.08. The van der Waals surface area contributed by atoms with E-state index in [2.05, 4.69) is 18.7 Å². The zero-order chi connectivity index (χ0) is 12.4. The van der Waals surface area contributed by atoms with E-state index in [4.69, 9.17) is 17.3 Å². The van der Waals surface area contributed by atoms with Crippen LogP contribution >= 0.6 is 11.6 Å². The average Bonchev–Trinajstić information content (AvgIpc) is 2.72. The van der Waals surface area contributed by atoms with Crippen LogP contribution in [0.15, 0.2) is 18.2 Å². The predicted octanol–water partition coefficient (Wildman–Crippen LogP) is 3.40. The van der Waals surface area contributed by atoms with Gasteiger partial charge < -0.3 is 5.73 Å². The molecule has 3 heteroatoms. The van der Waals surface area contributed by atoms with E-state index in [1.165, 1.54) is 13.0 Å². The third-order valence-corrected chi connectivity index (χ3v) is 4.14. The molecule has 2 N–H and O–H groups in total. The Morgan fingerprint density at radius 1 is 1.47 bits per heavy atom. The Balaban J connectivity index is 2.03. The molecule has 0 aliphatic carbocycles. The van der Waals surface area contributed by atoms with Crippen molar-refractivity contribution in [3.63, 3.8) is 0 Å². The van der Waals surface area contributed by atoms with Crippen LogP contribution in [0, 0.1) is 11.8 Å². The molecule has 1 saturated heterocycles. The van der Waals surface area contributed by atoms with Crippen LogP contribution in [0.4, 0.5) is 5.69 Å². The second-order valence-electron chi connectivity index (χ2n) is 5.34. The summed E-state index contributed by atoms with van der Waals surface area (Å²) in [6.07, 6.45) is 1.29. The molecule has 1 aliphatic rings. The Morgan fingerprint density at radius 3 is 2.82 bits per heavy atom. The summed E-state index contributed by atoms with van der Waals surface area (Å²) in [5.74, 6) is 1.59. The molecule has 1 aliphatic heterocycles. The molecule has 1 atom stereocenters. The minimum atomic E-state index is 0.767. The monoisotopic (exact) mass is 252 g/mol. The lowest BCUT2D eigenvalue weighted by Gasteiger charge is -2.19. The zero-order valence-corrected chi connectivity index (χ0v) is 11.4. The van der Waals surface area contributed by atoms with Crippen LogP contribution in [-0.4, -0.2) is 18.0 Å². The quantitative estimate of drug-likeness (QED) is 0.836. The van der Waals surface area contributed by atoms with E-state index in [0.29, 0.717) is 0 Å². The molecule has 1 fully saturated rings. The summed E-state index contributed by atoms with van der Waals surface area (Å²) in [6.45, 7) is 7.82. The van der Waals surface area contributed by atoms with E-state index in [1.54, 1.807) is 0 Å². The largest absolute Gasteiger partial charge is 0.398 e. The maximum absolute atomic E-state index is 6.20. The zero-order valence-electron chi connectivity index (χ0n) is 10.6. The van der Waals surface area contributed by atoms with E-state index in [0.717, 1.165) is 41.2 Å². The van der Waals surface area contributed by atoms with E-state index in [1.807, 2.05) is 18.2 Å². The highest BCUT2D eigenvalue weighted by Gasteiger charge is 2.25. The summed E-state index contributed by atoms with van der Waals surface area (Å²) in [5.41, 5.74) is 7.88. The molecule has 1 heterocycles. The standard InChI is InChI=1S/C14H21ClN2/c1-10(2)11-6-7-17(8-11)9-12-13(15)4-3-5-14(12)16/h3-5,10-11H,6-9,16H2,1-2H3. The number of nitrogens with two attached hydrogens (primary N) is 1. The Bertz CT molecular complexity index is 370. The number of hydrogen-bond acceptors (Lipinski definition) is 2. The summed E-state index contributed by atoms with van der Waals surface area (Å²) in [4.78, 5) is 2.46. The lowest BCUT2D eigenvalue weighted by Crippen LogP contribution is -2.22. The lowest BCUT2D eigenvalue weighted by molar-refractivity contribution is 0.297. The maximum atomic E-state index is 6.20. The van der Waals surface area contributed by atoms with Crippen molar-refractivity contribution in [1.82, 2.24) is 4.90 Å². The Hall–Kier alpha value is -0.730. The topological polar surface area (TPSA) is 29.3 Å². The minimum Gasteiger partial charge on any atom is -0.398 e. The van der Waals surface area contributed by atoms with Crippen molar-refractivity contribution in [3.05, 3.63) is 28.8 Å². The van der Waals surface area contributed by atoms with Crippen LogP contribution in [0.3, 0.4) is 0 Å². The first kappa shape index (κ1) is 12.7. The smallest absolute Gasteiger partial charge is 0.0471 e. The van der Waals surface area contributed by atoms with Gasteiger partial charge in [0.25, 0.3) is 0 Å². The molecule has 2 rings (SSSR count). The van der Waals surface area contributed by atoms with Gasteiger partial charge in [-0.15, -0.1) is 0 Å². The van der Waals surface area contributed by atoms with Crippen molar-refractivity contribution < 1.29 is 0 Å². The lowest BCUT2D eigenvalue weighted by atomic mass is 9.95. The van der Waals surface area contributed by atoms with Gasteiger partial charge in [0.15, 0.2) is 0 Å². The van der Waals surface area contributed by atoms with Gasteiger partial charge in [-0.1, -0.05) is 31.5 Å². The molecule has 1 unspecified atom stereocenters. The summed E-state index contributed by atoms with van der Waals surface area (Å²) in [6, 6.07) is 5.75. The average molecular weight is 253 g/mol. The van der Waals surface area contributed by atoms with Gasteiger partial charge in [0.1, 0.15) is 0 Å². The van der Waals surface area contributed by atoms with E-state index in [9.17, 15) is 0 Å². The highest BCUT2D eigenvalue weighted by molar-refractivity contribution is 6.31. The fourth-order valence-electron chi connectivity index (χ4n) is 2.52. The number of nitrogen functional groups attached to an aromatic ring is 1. The number of likely N-dealkylation sites (tertiary alicyclic amines) is 1. The molecule has 0 amide bonds. The summed E-state index contributed by atoms with van der Waals surface area (Å²) in [5, 5.41) is 0.790. The second kappa shape index (κ2) is 5.28. The number of hydrogen-bond donors (Lipinski definition) is 1. The van der Waals surface area contributed by atoms with Gasteiger partial charge in [-0.3, -0.25) is 4.90 Å². The molecular formula is C14H21ClN2. The van der Waals surface area contributed by atoms with Crippen LogP contribution in [0.1, 0.15) is 25.8 Å². The van der Waals surface area contributed by atoms with E-state index >= 15 is 0 Å². The Morgan fingerprint density at radius 2 is 2.24 bits per heavy atom. The molecule has 94 valence electrons. The van der Waals surface area contributed by atoms with Crippen LogP contribution in [0.2, 0.25) is 5.02 Å². The Kier molecular flexibility index (Phi) is 3.95. The van der Waals surface area contributed by atoms with Gasteiger partial charge in [0.2, 0.25) is 0 Å². The van der Waals surface area contributed by atoms with Crippen molar-refractivity contribution in [2.24, 2.45) is 11.8 Å². The molecule has 1 aromatic carbocycles. The van der Waals surface area contributed by atoms with Crippen molar-refractivity contribution in [2.75, 3.05) is 18.8 Å². The molecule has 0 saturated carbocycles. The molecule has 0 aromatic heterocycles. The van der Waals surface area contributed by atoms with E-state index < -0.39 is 0 Å². The van der Waals surface area contributed by atoms with Crippen LogP contribution in [-0.2, 0) is 6.54 Å². The van der Waals surface area contributed by atoms with E-state index in [-0.39, 0.29) is 0 Å². The number of nitrogens with zero attached hydrogens (tertiary/aromatic N) is 1. The van der Waals surface area contributed by atoms with Crippen molar-refractivity contribution >= 4 is 17.3 Å². The van der Waals surface area contributed by atoms with Gasteiger partial charge in [0, 0.05) is 29.4 Å². The second-order valence-corrected chi connectivity index (χ2v) is 5.74. The third kappa shape index (κ3) is 2.93. The number of rotatable bonds is 3. The summed E-state index contributed by atoms with van der Waals surface area (Å²) >= 11 is 6.20. The fourth-order valence-corrected chi connectivity index (χ4v) is 2.76. The number of halogens is 1. The molecular weight excluding hydrogens is 232 g/mol. The first-order valence-electron chi connectivity index (χ1n) is 6.33. The van der Waals surface area contributed by atoms with Crippen LogP contribution in [0.5, 0.6) is 0 Å². The van der Waals surface area contributed by atoms with Gasteiger partial charge in [-0.2, -0.15) is 0 Å². The van der Waals surface area contributed by atoms with Gasteiger partial charge in [0.05, 0.1) is 0 Å². The first-order valence-corrected chi connectivity index (χ1v) is 6.71. The third-order valence-electron chi connectivity index (χ3n) is 3.79. The highest BCUT2D eigenvalue weighted by atomic mass is 35.5. The fraction of sp³-hybridized carbons (Fsp3) is 0.571. The number of anilines is 1. The molecule has 0 bridgehead atoms. The summed E-state index contributed by atoms with van der Waals surface area (Å²) < 4.78 is 0. The predicted molar refractivity (Wildman–Crippen MR) is 74.1 cm³/mol. The SMILES string of the molecule is CC(C)C1CCN(Cc2c(N)cccc2Cl)C1. The van der Waals surface area contributed by atoms with Gasteiger partial charge in [-0.25, -0.2) is 0 Å².